The molecule has 5 heteroatoms. The predicted octanol–water partition coefficient (Wildman–Crippen LogP) is 9.50. The molecule has 0 aromatic carbocycles. The molecule has 0 N–H and O–H groups in total. The van der Waals surface area contributed by atoms with Crippen molar-refractivity contribution in [3.05, 3.63) is 10.4 Å². The second kappa shape index (κ2) is 12.3. The lowest BCUT2D eigenvalue weighted by Gasteiger charge is -2.61. The molecule has 4 fully saturated rings. The molecule has 5 nitrogen and oxygen atoms in total. The fourth-order valence-electron chi connectivity index (χ4n) is 10.1. The van der Waals surface area contributed by atoms with Gasteiger partial charge in [-0.1, -0.05) is 59.0 Å². The van der Waals surface area contributed by atoms with Crippen molar-refractivity contribution >= 4 is 5.97 Å². The Bertz CT molecular complexity index is 823. The van der Waals surface area contributed by atoms with Crippen LogP contribution in [0.2, 0.25) is 0 Å². The smallest absolute Gasteiger partial charge is 0.306 e. The summed E-state index contributed by atoms with van der Waals surface area (Å²) in [4.78, 5) is 15.2. The van der Waals surface area contributed by atoms with E-state index in [1.807, 2.05) is 0 Å². The van der Waals surface area contributed by atoms with Crippen LogP contribution in [-0.4, -0.2) is 18.6 Å². The highest BCUT2D eigenvalue weighted by molar-refractivity contribution is 5.69. The number of azide groups is 1. The van der Waals surface area contributed by atoms with Gasteiger partial charge in [0.25, 0.3) is 0 Å². The molecule has 9 atom stereocenters. The Labute approximate surface area is 226 Å². The van der Waals surface area contributed by atoms with Gasteiger partial charge in [0.2, 0.25) is 0 Å². The molecular weight excluding hydrogens is 458 g/mol. The first-order valence-electron chi connectivity index (χ1n) is 15.9. The van der Waals surface area contributed by atoms with E-state index >= 15 is 0 Å². The van der Waals surface area contributed by atoms with Gasteiger partial charge in [-0.05, 0) is 128 Å². The van der Waals surface area contributed by atoms with Crippen LogP contribution in [0.1, 0.15) is 131 Å². The number of ether oxygens (including phenoxy) is 1. The number of rotatable bonds is 11. The van der Waals surface area contributed by atoms with E-state index in [1.54, 1.807) is 0 Å². The molecule has 5 unspecified atom stereocenters. The largest absolute Gasteiger partial charge is 0.462 e. The monoisotopic (exact) mass is 513 g/mol. The van der Waals surface area contributed by atoms with Gasteiger partial charge in [0.15, 0.2) is 0 Å². The molecule has 0 spiro atoms. The van der Waals surface area contributed by atoms with Crippen molar-refractivity contribution < 1.29 is 9.53 Å². The Morgan fingerprint density at radius 2 is 1.70 bits per heavy atom. The molecule has 37 heavy (non-hydrogen) atoms. The van der Waals surface area contributed by atoms with Gasteiger partial charge < -0.3 is 4.74 Å². The lowest BCUT2D eigenvalue weighted by Crippen LogP contribution is -2.54. The van der Waals surface area contributed by atoms with Gasteiger partial charge in [-0.15, -0.1) is 0 Å². The van der Waals surface area contributed by atoms with Crippen molar-refractivity contribution in [3.63, 3.8) is 0 Å². The molecule has 4 saturated carbocycles. The summed E-state index contributed by atoms with van der Waals surface area (Å²) in [6, 6.07) is 0. The molecule has 0 radical (unpaired) electrons. The highest BCUT2D eigenvalue weighted by Crippen LogP contribution is 2.68. The minimum Gasteiger partial charge on any atom is -0.462 e. The molecule has 0 aromatic heterocycles. The standard InChI is InChI=1S/C32H55N3O2/c1-22(2)9-8-10-23(3)27-14-15-28-26-13-12-24-21-25(37-30(36)11-6-7-20-34-35-33)16-18-31(24,4)29(26)17-19-32(27,28)5/h22-29H,6-21H2,1-5H3/t23?,24-,25-,26?,27?,28?,29?,31-,32+/m0/s1. The predicted molar refractivity (Wildman–Crippen MR) is 151 cm³/mol. The SMILES string of the molecule is CC(C)CCCC(C)C1CCC2C3CC[C@H]4C[C@@H](OC(=O)CCCCN=[N+]=[N-])CC[C@]4(C)C3CC[C@]12C. The Balaban J connectivity index is 1.32. The van der Waals surface area contributed by atoms with Crippen molar-refractivity contribution in [1.82, 2.24) is 0 Å². The maximum atomic E-state index is 12.4. The summed E-state index contributed by atoms with van der Waals surface area (Å²) in [5.41, 5.74) is 9.38. The van der Waals surface area contributed by atoms with Crippen LogP contribution in [0.25, 0.3) is 10.4 Å². The second-order valence-electron chi connectivity index (χ2n) is 14.5. The lowest BCUT2D eigenvalue weighted by atomic mass is 9.44. The molecule has 0 aliphatic heterocycles. The minimum absolute atomic E-state index is 0.0591. The molecule has 4 rings (SSSR count). The lowest BCUT2D eigenvalue weighted by molar-refractivity contribution is -0.162. The molecule has 0 aromatic rings. The third-order valence-corrected chi connectivity index (χ3v) is 12.1. The average molecular weight is 514 g/mol. The second-order valence-corrected chi connectivity index (χ2v) is 14.5. The van der Waals surface area contributed by atoms with E-state index in [2.05, 4.69) is 44.6 Å². The van der Waals surface area contributed by atoms with E-state index in [-0.39, 0.29) is 12.1 Å². The molecular formula is C32H55N3O2. The Kier molecular flexibility index (Phi) is 9.58. The van der Waals surface area contributed by atoms with E-state index < -0.39 is 0 Å². The number of fused-ring (bicyclic) bond motifs is 5. The van der Waals surface area contributed by atoms with E-state index in [0.717, 1.165) is 61.2 Å². The number of carbonyl (C=O) groups is 1. The van der Waals surface area contributed by atoms with Gasteiger partial charge in [-0.2, -0.15) is 0 Å². The molecule has 0 bridgehead atoms. The molecule has 0 heterocycles. The molecule has 4 aliphatic rings. The first kappa shape index (κ1) is 28.8. The van der Waals surface area contributed by atoms with Crippen LogP contribution in [0.5, 0.6) is 0 Å². The normalized spacial score (nSPS) is 39.7. The van der Waals surface area contributed by atoms with Crippen molar-refractivity contribution in [1.29, 1.82) is 0 Å². The summed E-state index contributed by atoms with van der Waals surface area (Å²) in [5.74, 6) is 6.01. The minimum atomic E-state index is -0.0591. The van der Waals surface area contributed by atoms with E-state index in [9.17, 15) is 4.79 Å². The number of nitrogens with zero attached hydrogens (tertiary/aromatic N) is 3. The Morgan fingerprint density at radius 3 is 2.46 bits per heavy atom. The zero-order chi connectivity index (χ0) is 26.6. The van der Waals surface area contributed by atoms with Crippen LogP contribution in [0.4, 0.5) is 0 Å². The van der Waals surface area contributed by atoms with Crippen molar-refractivity contribution in [2.24, 2.45) is 57.4 Å². The van der Waals surface area contributed by atoms with Crippen LogP contribution in [0, 0.1) is 52.3 Å². The number of carbonyl (C=O) groups excluding carboxylic acids is 1. The summed E-state index contributed by atoms with van der Waals surface area (Å²) < 4.78 is 5.96. The summed E-state index contributed by atoms with van der Waals surface area (Å²) in [6.07, 6.45) is 18.1. The fourth-order valence-corrected chi connectivity index (χ4v) is 10.1. The molecule has 0 amide bonds. The van der Waals surface area contributed by atoms with Crippen molar-refractivity contribution in [3.8, 4) is 0 Å². The van der Waals surface area contributed by atoms with E-state index in [0.29, 0.717) is 29.7 Å². The third-order valence-electron chi connectivity index (χ3n) is 12.1. The Morgan fingerprint density at radius 1 is 0.946 bits per heavy atom. The van der Waals surface area contributed by atoms with Gasteiger partial charge in [-0.25, -0.2) is 0 Å². The zero-order valence-corrected chi connectivity index (χ0v) is 24.6. The summed E-state index contributed by atoms with van der Waals surface area (Å²) in [7, 11) is 0. The van der Waals surface area contributed by atoms with Crippen LogP contribution < -0.4 is 0 Å². The van der Waals surface area contributed by atoms with Crippen molar-refractivity contribution in [2.45, 2.75) is 137 Å². The first-order valence-corrected chi connectivity index (χ1v) is 15.9. The highest BCUT2D eigenvalue weighted by Gasteiger charge is 2.60. The van der Waals surface area contributed by atoms with Gasteiger partial charge in [0, 0.05) is 17.9 Å². The van der Waals surface area contributed by atoms with Crippen LogP contribution in [0.15, 0.2) is 5.11 Å². The van der Waals surface area contributed by atoms with Crippen LogP contribution >= 0.6 is 0 Å². The van der Waals surface area contributed by atoms with E-state index in [1.165, 1.54) is 64.2 Å². The van der Waals surface area contributed by atoms with Gasteiger partial charge in [0.05, 0.1) is 0 Å². The molecule has 0 saturated heterocycles. The van der Waals surface area contributed by atoms with Crippen molar-refractivity contribution in [2.75, 3.05) is 6.54 Å². The fraction of sp³-hybridized carbons (Fsp3) is 0.969. The van der Waals surface area contributed by atoms with E-state index in [4.69, 9.17) is 10.3 Å². The van der Waals surface area contributed by atoms with Crippen LogP contribution in [0.3, 0.4) is 0 Å². The topological polar surface area (TPSA) is 75.1 Å². The van der Waals surface area contributed by atoms with Crippen LogP contribution in [-0.2, 0) is 9.53 Å². The summed E-state index contributed by atoms with van der Waals surface area (Å²) in [6.45, 7) is 13.1. The maximum Gasteiger partial charge on any atom is 0.306 e. The summed E-state index contributed by atoms with van der Waals surface area (Å²) >= 11 is 0. The quantitative estimate of drug-likeness (QED) is 0.0906. The number of esters is 1. The van der Waals surface area contributed by atoms with Gasteiger partial charge in [0.1, 0.15) is 6.10 Å². The number of hydrogen-bond acceptors (Lipinski definition) is 3. The first-order chi connectivity index (χ1) is 17.7. The molecule has 210 valence electrons. The highest BCUT2D eigenvalue weighted by atomic mass is 16.5. The Hall–Kier alpha value is -1.22. The number of unbranched alkanes of at least 4 members (excludes halogenated alkanes) is 1. The maximum absolute atomic E-state index is 12.4. The number of hydrogen-bond donors (Lipinski definition) is 0. The molecule has 4 aliphatic carbocycles. The summed E-state index contributed by atoms with van der Waals surface area (Å²) in [5, 5.41) is 3.55. The van der Waals surface area contributed by atoms with Gasteiger partial charge in [-0.3, -0.25) is 4.79 Å². The zero-order valence-electron chi connectivity index (χ0n) is 24.6. The van der Waals surface area contributed by atoms with Gasteiger partial charge >= 0.3 is 5.97 Å². The third kappa shape index (κ3) is 6.18. The average Bonchev–Trinajstić information content (AvgIpc) is 3.21.